The van der Waals surface area contributed by atoms with Crippen LogP contribution in [0.5, 0.6) is 0 Å². The van der Waals surface area contributed by atoms with Gasteiger partial charge in [-0.15, -0.1) is 0 Å². The highest BCUT2D eigenvalue weighted by molar-refractivity contribution is 5.77. The number of likely N-dealkylation sites (tertiary alicyclic amines) is 1. The van der Waals surface area contributed by atoms with Crippen molar-refractivity contribution in [3.8, 4) is 0 Å². The van der Waals surface area contributed by atoms with Crippen molar-refractivity contribution in [2.45, 2.75) is 76.7 Å². The van der Waals surface area contributed by atoms with Crippen LogP contribution in [-0.2, 0) is 22.6 Å². The van der Waals surface area contributed by atoms with Gasteiger partial charge in [0.1, 0.15) is 6.10 Å². The van der Waals surface area contributed by atoms with E-state index in [1.807, 2.05) is 30.3 Å². The number of aliphatic carboxylic acids is 1. The number of benzene rings is 3. The summed E-state index contributed by atoms with van der Waals surface area (Å²) in [6.07, 6.45) is 5.78. The third kappa shape index (κ3) is 8.12. The van der Waals surface area contributed by atoms with Gasteiger partial charge in [-0.1, -0.05) is 79.2 Å². The van der Waals surface area contributed by atoms with Gasteiger partial charge in [-0.2, -0.15) is 0 Å². The van der Waals surface area contributed by atoms with Crippen molar-refractivity contribution in [3.63, 3.8) is 0 Å². The van der Waals surface area contributed by atoms with Gasteiger partial charge < -0.3 is 14.7 Å². The van der Waals surface area contributed by atoms with E-state index in [2.05, 4.69) is 53.4 Å². The first-order chi connectivity index (χ1) is 21.5. The SMILES string of the molecule is O=C(O)CCCCCn1c(=O)c2ccccc2n(CCCCN2CCC(OC(c3ccccc3)c3ccccc3)CC2)c1=O. The number of nitrogens with zero attached hydrogens (tertiary/aromatic N) is 3. The summed E-state index contributed by atoms with van der Waals surface area (Å²) in [6, 6.07) is 28.2. The van der Waals surface area contributed by atoms with E-state index in [1.165, 1.54) is 15.7 Å². The molecule has 8 heteroatoms. The topological polar surface area (TPSA) is 93.8 Å². The standard InChI is InChI=1S/C36H43N3O5/c40-33(41)20-8-3-11-25-39-35(42)31-18-9-10-19-32(31)38(36(39)43)24-13-12-23-37-26-21-30(22-27-37)44-34(28-14-4-1-5-15-28)29-16-6-2-7-17-29/h1-2,4-7,9-10,14-19,30,34H,3,8,11-13,20-27H2,(H,40,41). The molecule has 1 fully saturated rings. The lowest BCUT2D eigenvalue weighted by Crippen LogP contribution is -2.40. The monoisotopic (exact) mass is 597 g/mol. The van der Waals surface area contributed by atoms with Crippen LogP contribution in [0.4, 0.5) is 0 Å². The second-order valence-electron chi connectivity index (χ2n) is 11.7. The average Bonchev–Trinajstić information content (AvgIpc) is 3.05. The number of hydrogen-bond donors (Lipinski definition) is 1. The fraction of sp³-hybridized carbons (Fsp3) is 0.417. The van der Waals surface area contributed by atoms with Crippen molar-refractivity contribution in [3.05, 3.63) is 117 Å². The lowest BCUT2D eigenvalue weighted by Gasteiger charge is -2.34. The molecule has 232 valence electrons. The highest BCUT2D eigenvalue weighted by Gasteiger charge is 2.24. The molecular weight excluding hydrogens is 554 g/mol. The third-order valence-electron chi connectivity index (χ3n) is 8.58. The van der Waals surface area contributed by atoms with Crippen molar-refractivity contribution in [1.29, 1.82) is 0 Å². The molecule has 1 aliphatic heterocycles. The molecule has 44 heavy (non-hydrogen) atoms. The molecule has 0 saturated carbocycles. The molecule has 0 unspecified atom stereocenters. The van der Waals surface area contributed by atoms with E-state index in [-0.39, 0.29) is 29.9 Å². The van der Waals surface area contributed by atoms with E-state index in [1.54, 1.807) is 10.6 Å². The number of hydrogen-bond acceptors (Lipinski definition) is 5. The van der Waals surface area contributed by atoms with Gasteiger partial charge >= 0.3 is 11.7 Å². The fourth-order valence-electron chi connectivity index (χ4n) is 6.18. The van der Waals surface area contributed by atoms with Gasteiger partial charge in [0.25, 0.3) is 5.56 Å². The molecule has 0 aliphatic carbocycles. The van der Waals surface area contributed by atoms with E-state index in [0.717, 1.165) is 45.3 Å². The lowest BCUT2D eigenvalue weighted by atomic mass is 10.00. The van der Waals surface area contributed by atoms with E-state index in [0.29, 0.717) is 43.3 Å². The Morgan fingerprint density at radius 2 is 1.30 bits per heavy atom. The van der Waals surface area contributed by atoms with E-state index >= 15 is 0 Å². The number of ether oxygens (including phenoxy) is 1. The Morgan fingerprint density at radius 1 is 0.727 bits per heavy atom. The lowest BCUT2D eigenvalue weighted by molar-refractivity contribution is -0.137. The van der Waals surface area contributed by atoms with Gasteiger partial charge in [-0.25, -0.2) is 4.79 Å². The largest absolute Gasteiger partial charge is 0.481 e. The number of para-hydroxylation sites is 1. The molecule has 1 N–H and O–H groups in total. The van der Waals surface area contributed by atoms with Gasteiger partial charge in [-0.05, 0) is 68.3 Å². The van der Waals surface area contributed by atoms with Crippen LogP contribution in [0.2, 0.25) is 0 Å². The molecule has 2 heterocycles. The smallest absolute Gasteiger partial charge is 0.331 e. The number of carboxylic acid groups (broad SMARTS) is 1. The highest BCUT2D eigenvalue weighted by Crippen LogP contribution is 2.30. The van der Waals surface area contributed by atoms with Crippen LogP contribution in [0, 0.1) is 0 Å². The summed E-state index contributed by atoms with van der Waals surface area (Å²) >= 11 is 0. The van der Waals surface area contributed by atoms with Crippen LogP contribution in [0.1, 0.15) is 68.6 Å². The van der Waals surface area contributed by atoms with Crippen LogP contribution in [0.15, 0.2) is 94.5 Å². The molecule has 0 spiro atoms. The van der Waals surface area contributed by atoms with Gasteiger partial charge in [0.05, 0.1) is 17.0 Å². The zero-order chi connectivity index (χ0) is 30.7. The molecule has 8 nitrogen and oxygen atoms in total. The Bertz CT molecular complexity index is 1570. The summed E-state index contributed by atoms with van der Waals surface area (Å²) in [5.41, 5.74) is 2.47. The third-order valence-corrected chi connectivity index (χ3v) is 8.58. The summed E-state index contributed by atoms with van der Waals surface area (Å²) in [4.78, 5) is 39.8. The van der Waals surface area contributed by atoms with Crippen LogP contribution in [0.25, 0.3) is 10.9 Å². The van der Waals surface area contributed by atoms with Crippen LogP contribution in [0.3, 0.4) is 0 Å². The molecule has 1 aromatic heterocycles. The van der Waals surface area contributed by atoms with Gasteiger partial charge in [0.2, 0.25) is 0 Å². The average molecular weight is 598 g/mol. The minimum absolute atomic E-state index is 0.0740. The maximum Gasteiger partial charge on any atom is 0.331 e. The second kappa shape index (κ2) is 15.6. The first-order valence-corrected chi connectivity index (χ1v) is 15.9. The Morgan fingerprint density at radius 3 is 1.95 bits per heavy atom. The van der Waals surface area contributed by atoms with Gasteiger partial charge in [0.15, 0.2) is 0 Å². The minimum atomic E-state index is -0.826. The zero-order valence-electron chi connectivity index (χ0n) is 25.4. The molecule has 1 aliphatic rings. The van der Waals surface area contributed by atoms with E-state index in [4.69, 9.17) is 9.84 Å². The number of fused-ring (bicyclic) bond motifs is 1. The highest BCUT2D eigenvalue weighted by atomic mass is 16.5. The van der Waals surface area contributed by atoms with Crippen molar-refractivity contribution in [1.82, 2.24) is 14.0 Å². The second-order valence-corrected chi connectivity index (χ2v) is 11.7. The molecule has 3 aromatic carbocycles. The normalized spacial score (nSPS) is 14.4. The maximum atomic E-state index is 13.4. The predicted octanol–water partition coefficient (Wildman–Crippen LogP) is 5.86. The number of unbranched alkanes of at least 4 members (excludes halogenated alkanes) is 3. The maximum absolute atomic E-state index is 13.4. The number of aryl methyl sites for hydroxylation is 1. The van der Waals surface area contributed by atoms with Crippen molar-refractivity contribution in [2.75, 3.05) is 19.6 Å². The van der Waals surface area contributed by atoms with Crippen molar-refractivity contribution in [2.24, 2.45) is 0 Å². The number of aromatic nitrogens is 2. The number of rotatable bonds is 15. The zero-order valence-corrected chi connectivity index (χ0v) is 25.4. The minimum Gasteiger partial charge on any atom is -0.481 e. The predicted molar refractivity (Wildman–Crippen MR) is 173 cm³/mol. The summed E-state index contributed by atoms with van der Waals surface area (Å²) in [5, 5.41) is 9.41. The molecule has 0 atom stereocenters. The Balaban J connectivity index is 1.14. The van der Waals surface area contributed by atoms with Crippen LogP contribution in [-0.4, -0.2) is 50.8 Å². The Kier molecular flexibility index (Phi) is 11.2. The molecular formula is C36H43N3O5. The van der Waals surface area contributed by atoms with Crippen molar-refractivity contribution >= 4 is 16.9 Å². The van der Waals surface area contributed by atoms with E-state index in [9.17, 15) is 14.4 Å². The Labute approximate surface area is 258 Å². The van der Waals surface area contributed by atoms with Gasteiger partial charge in [0, 0.05) is 32.6 Å². The molecule has 1 saturated heterocycles. The molecule has 0 radical (unpaired) electrons. The summed E-state index contributed by atoms with van der Waals surface area (Å²) in [6.45, 7) is 3.78. The first-order valence-electron chi connectivity index (χ1n) is 15.9. The Hall–Kier alpha value is -4.01. The quantitative estimate of drug-likeness (QED) is 0.173. The number of carbonyl (C=O) groups is 1. The van der Waals surface area contributed by atoms with Crippen LogP contribution < -0.4 is 11.2 Å². The number of carboxylic acids is 1. The molecule has 4 aromatic rings. The van der Waals surface area contributed by atoms with Gasteiger partial charge in [-0.3, -0.25) is 18.7 Å². The van der Waals surface area contributed by atoms with Crippen LogP contribution >= 0.6 is 0 Å². The summed E-state index contributed by atoms with van der Waals surface area (Å²) in [7, 11) is 0. The van der Waals surface area contributed by atoms with E-state index < -0.39 is 5.97 Å². The molecule has 0 bridgehead atoms. The molecule has 5 rings (SSSR count). The number of piperidine rings is 1. The fourth-order valence-corrected chi connectivity index (χ4v) is 6.18. The summed E-state index contributed by atoms with van der Waals surface area (Å²) < 4.78 is 9.77. The molecule has 0 amide bonds. The summed E-state index contributed by atoms with van der Waals surface area (Å²) in [5.74, 6) is -0.826. The van der Waals surface area contributed by atoms with Crippen molar-refractivity contribution < 1.29 is 14.6 Å². The first kappa shape index (κ1) is 31.4.